The molecule has 8 heteroatoms. The van der Waals surface area contributed by atoms with Gasteiger partial charge in [0.2, 0.25) is 0 Å². The average Bonchev–Trinajstić information content (AvgIpc) is 2.87. The van der Waals surface area contributed by atoms with E-state index < -0.39 is 0 Å². The van der Waals surface area contributed by atoms with E-state index in [-0.39, 0.29) is 29.8 Å². The van der Waals surface area contributed by atoms with Crippen LogP contribution in [0.3, 0.4) is 0 Å². The van der Waals surface area contributed by atoms with Gasteiger partial charge in [0.15, 0.2) is 5.96 Å². The summed E-state index contributed by atoms with van der Waals surface area (Å²) in [5.41, 5.74) is 2.14. The first-order chi connectivity index (χ1) is 11.5. The van der Waals surface area contributed by atoms with E-state index >= 15 is 0 Å². The number of nitrogens with zero attached hydrogens (tertiary/aromatic N) is 2. The Morgan fingerprint density at radius 2 is 2.08 bits per heavy atom. The smallest absolute Gasteiger partial charge is 0.191 e. The van der Waals surface area contributed by atoms with Gasteiger partial charge in [0, 0.05) is 18.0 Å². The summed E-state index contributed by atoms with van der Waals surface area (Å²) in [7, 11) is 0. The Labute approximate surface area is 177 Å². The number of rotatable bonds is 6. The molecule has 0 bridgehead atoms. The lowest BCUT2D eigenvalue weighted by atomic mass is 10.1. The first-order valence-corrected chi connectivity index (χ1v) is 9.49. The Morgan fingerprint density at radius 1 is 1.32 bits per heavy atom. The number of nitrogens with one attached hydrogen (secondary N) is 2. The lowest BCUT2D eigenvalue weighted by molar-refractivity contribution is 0.620. The monoisotopic (exact) mass is 540 g/mol. The molecule has 0 aliphatic heterocycles. The molecule has 4 nitrogen and oxygen atoms in total. The molecule has 2 rings (SSSR count). The van der Waals surface area contributed by atoms with E-state index in [1.165, 1.54) is 10.9 Å². The van der Waals surface area contributed by atoms with Crippen LogP contribution in [0.4, 0.5) is 4.39 Å². The number of benzene rings is 1. The molecule has 0 spiro atoms. The van der Waals surface area contributed by atoms with Crippen LogP contribution < -0.4 is 10.6 Å². The van der Waals surface area contributed by atoms with Gasteiger partial charge in [-0.25, -0.2) is 14.4 Å². The molecule has 1 aromatic heterocycles. The minimum Gasteiger partial charge on any atom is -0.357 e. The van der Waals surface area contributed by atoms with E-state index in [4.69, 9.17) is 0 Å². The van der Waals surface area contributed by atoms with Crippen LogP contribution in [0.15, 0.2) is 27.7 Å². The molecule has 25 heavy (non-hydrogen) atoms. The molecular formula is C17H23BrFIN4S. The lowest BCUT2D eigenvalue weighted by Crippen LogP contribution is -2.38. The topological polar surface area (TPSA) is 49.3 Å². The van der Waals surface area contributed by atoms with Gasteiger partial charge < -0.3 is 10.6 Å². The molecule has 0 unspecified atom stereocenters. The second-order valence-electron chi connectivity index (χ2n) is 5.37. The molecule has 2 aromatic rings. The summed E-state index contributed by atoms with van der Waals surface area (Å²) in [6.07, 6.45) is 0.790. The summed E-state index contributed by atoms with van der Waals surface area (Å²) in [6.45, 7) is 8.21. The van der Waals surface area contributed by atoms with Crippen molar-refractivity contribution in [1.82, 2.24) is 15.6 Å². The number of hydrogen-bond acceptors (Lipinski definition) is 3. The van der Waals surface area contributed by atoms with Crippen molar-refractivity contribution in [2.24, 2.45) is 4.99 Å². The largest absolute Gasteiger partial charge is 0.357 e. The van der Waals surface area contributed by atoms with E-state index in [1.807, 2.05) is 19.9 Å². The molecule has 0 saturated heterocycles. The Balaban J connectivity index is 0.00000312. The van der Waals surface area contributed by atoms with Gasteiger partial charge in [-0.3, -0.25) is 0 Å². The predicted octanol–water partition coefficient (Wildman–Crippen LogP) is 4.58. The van der Waals surface area contributed by atoms with Crippen LogP contribution >= 0.6 is 51.2 Å². The molecule has 0 radical (unpaired) electrons. The minimum atomic E-state index is -0.240. The van der Waals surface area contributed by atoms with Crippen molar-refractivity contribution in [2.75, 3.05) is 13.1 Å². The van der Waals surface area contributed by atoms with Crippen molar-refractivity contribution in [3.8, 4) is 0 Å². The maximum Gasteiger partial charge on any atom is 0.191 e. The Morgan fingerprint density at radius 3 is 2.68 bits per heavy atom. The van der Waals surface area contributed by atoms with Gasteiger partial charge in [0.05, 0.1) is 16.7 Å². The van der Waals surface area contributed by atoms with Gasteiger partial charge >= 0.3 is 0 Å². The van der Waals surface area contributed by atoms with Crippen LogP contribution in [0.5, 0.6) is 0 Å². The van der Waals surface area contributed by atoms with Crippen molar-refractivity contribution in [3.05, 3.63) is 49.6 Å². The van der Waals surface area contributed by atoms with Crippen LogP contribution in [0, 0.1) is 19.7 Å². The van der Waals surface area contributed by atoms with Gasteiger partial charge in [0.25, 0.3) is 0 Å². The fourth-order valence-electron chi connectivity index (χ4n) is 2.12. The second-order valence-corrected chi connectivity index (χ2v) is 7.51. The maximum atomic E-state index is 13.2. The second kappa shape index (κ2) is 11.1. The van der Waals surface area contributed by atoms with Gasteiger partial charge in [-0.2, -0.15) is 0 Å². The van der Waals surface area contributed by atoms with E-state index in [0.29, 0.717) is 11.0 Å². The number of aryl methyl sites for hydroxylation is 2. The number of thiazole rings is 1. The highest BCUT2D eigenvalue weighted by Crippen LogP contribution is 2.17. The summed E-state index contributed by atoms with van der Waals surface area (Å²) in [5.74, 6) is 0.528. The molecular weight excluding hydrogens is 518 g/mol. The first kappa shape index (κ1) is 22.3. The zero-order valence-corrected chi connectivity index (χ0v) is 19.3. The van der Waals surface area contributed by atoms with Crippen LogP contribution in [0.1, 0.15) is 28.1 Å². The maximum absolute atomic E-state index is 13.2. The molecule has 138 valence electrons. The molecule has 0 saturated carbocycles. The number of aliphatic imine (C=N–C) groups is 1. The molecule has 0 amide bonds. The zero-order chi connectivity index (χ0) is 17.5. The molecule has 1 aromatic carbocycles. The van der Waals surface area contributed by atoms with E-state index in [0.717, 1.165) is 41.7 Å². The summed E-state index contributed by atoms with van der Waals surface area (Å²) in [4.78, 5) is 10.3. The van der Waals surface area contributed by atoms with Crippen molar-refractivity contribution in [2.45, 2.75) is 33.7 Å². The number of halogens is 3. The third kappa shape index (κ3) is 7.18. The molecule has 0 atom stereocenters. The van der Waals surface area contributed by atoms with Gasteiger partial charge in [-0.1, -0.05) is 6.07 Å². The minimum absolute atomic E-state index is 0. The number of hydrogen-bond donors (Lipinski definition) is 2. The third-order valence-corrected chi connectivity index (χ3v) is 5.14. The highest BCUT2D eigenvalue weighted by Gasteiger charge is 2.04. The van der Waals surface area contributed by atoms with E-state index in [1.54, 1.807) is 17.4 Å². The summed E-state index contributed by atoms with van der Waals surface area (Å²) in [6, 6.07) is 5.08. The van der Waals surface area contributed by atoms with Crippen molar-refractivity contribution in [1.29, 1.82) is 0 Å². The third-order valence-electron chi connectivity index (χ3n) is 3.48. The SMILES string of the molecule is CCNC(=NCc1nc(C)c(C)s1)NCCc1ccc(F)c(Br)c1.I. The standard InChI is InChI=1S/C17H22BrFN4S.HI/c1-4-20-17(22-10-16-23-11(2)12(3)24-16)21-8-7-13-5-6-15(19)14(18)9-13;/h5-6,9H,4,7-8,10H2,1-3H3,(H2,20,21,22);1H. The molecule has 0 aliphatic rings. The lowest BCUT2D eigenvalue weighted by Gasteiger charge is -2.11. The Bertz CT molecular complexity index is 701. The fraction of sp³-hybridized carbons (Fsp3) is 0.412. The van der Waals surface area contributed by atoms with Crippen molar-refractivity contribution < 1.29 is 4.39 Å². The fourth-order valence-corrected chi connectivity index (χ4v) is 3.40. The Hall–Kier alpha value is -0.740. The number of guanidine groups is 1. The van der Waals surface area contributed by atoms with Gasteiger partial charge in [-0.15, -0.1) is 35.3 Å². The zero-order valence-electron chi connectivity index (χ0n) is 14.5. The first-order valence-electron chi connectivity index (χ1n) is 7.88. The van der Waals surface area contributed by atoms with Crippen molar-refractivity contribution >= 4 is 57.2 Å². The average molecular weight is 541 g/mol. The number of aromatic nitrogens is 1. The summed E-state index contributed by atoms with van der Waals surface area (Å²) < 4.78 is 13.7. The Kier molecular flexibility index (Phi) is 9.88. The summed E-state index contributed by atoms with van der Waals surface area (Å²) in [5, 5.41) is 7.55. The molecule has 0 fully saturated rings. The van der Waals surface area contributed by atoms with E-state index in [9.17, 15) is 4.39 Å². The molecule has 1 heterocycles. The predicted molar refractivity (Wildman–Crippen MR) is 118 cm³/mol. The van der Waals surface area contributed by atoms with Crippen LogP contribution in [-0.2, 0) is 13.0 Å². The highest BCUT2D eigenvalue weighted by molar-refractivity contribution is 14.0. The van der Waals surface area contributed by atoms with Crippen molar-refractivity contribution in [3.63, 3.8) is 0 Å². The highest BCUT2D eigenvalue weighted by atomic mass is 127. The molecule has 2 N–H and O–H groups in total. The normalized spacial score (nSPS) is 11.2. The van der Waals surface area contributed by atoms with Gasteiger partial charge in [-0.05, 0) is 60.8 Å². The quantitative estimate of drug-likeness (QED) is 0.320. The van der Waals surface area contributed by atoms with Crippen LogP contribution in [0.2, 0.25) is 0 Å². The van der Waals surface area contributed by atoms with Crippen LogP contribution in [0.25, 0.3) is 0 Å². The molecule has 0 aliphatic carbocycles. The van der Waals surface area contributed by atoms with Gasteiger partial charge in [0.1, 0.15) is 10.8 Å². The summed E-state index contributed by atoms with van der Waals surface area (Å²) >= 11 is 4.90. The van der Waals surface area contributed by atoms with Crippen LogP contribution in [-0.4, -0.2) is 24.0 Å². The van der Waals surface area contributed by atoms with E-state index in [2.05, 4.69) is 43.5 Å².